The maximum Gasteiger partial charge on any atom is 0.124 e. The topological polar surface area (TPSA) is 44.5 Å². The second-order valence-electron chi connectivity index (χ2n) is 7.32. The highest BCUT2D eigenvalue weighted by molar-refractivity contribution is 5.42. The van der Waals surface area contributed by atoms with Crippen LogP contribution in [0.15, 0.2) is 48.5 Å². The summed E-state index contributed by atoms with van der Waals surface area (Å²) in [5.41, 5.74) is 8.29. The van der Waals surface area contributed by atoms with Crippen LogP contribution in [0.25, 0.3) is 0 Å². The average Bonchev–Trinajstić information content (AvgIpc) is 2.69. The van der Waals surface area contributed by atoms with E-state index in [0.717, 1.165) is 43.7 Å². The molecule has 2 aromatic rings. The molecule has 25 heavy (non-hydrogen) atoms. The lowest BCUT2D eigenvalue weighted by atomic mass is 9.87. The van der Waals surface area contributed by atoms with Crippen molar-refractivity contribution in [1.82, 2.24) is 0 Å². The van der Waals surface area contributed by atoms with Gasteiger partial charge in [-0.15, -0.1) is 0 Å². The molecular weight excluding hydrogens is 310 g/mol. The summed E-state index contributed by atoms with van der Waals surface area (Å²) in [5.74, 6) is 2.67. The molecule has 132 valence electrons. The minimum absolute atomic E-state index is 0.159. The van der Waals surface area contributed by atoms with Crippen molar-refractivity contribution in [3.63, 3.8) is 0 Å². The van der Waals surface area contributed by atoms with Crippen LogP contribution in [0.4, 0.5) is 0 Å². The molecule has 0 saturated heterocycles. The fourth-order valence-corrected chi connectivity index (χ4v) is 4.02. The number of aryl methyl sites for hydroxylation is 1. The molecular formula is C22H27NO2. The molecule has 1 aliphatic heterocycles. The molecule has 1 fully saturated rings. The largest absolute Gasteiger partial charge is 0.490 e. The van der Waals surface area contributed by atoms with Crippen molar-refractivity contribution < 1.29 is 9.47 Å². The monoisotopic (exact) mass is 337 g/mol. The Bertz CT molecular complexity index is 692. The smallest absolute Gasteiger partial charge is 0.124 e. The Morgan fingerprint density at radius 3 is 2.52 bits per heavy atom. The van der Waals surface area contributed by atoms with Gasteiger partial charge < -0.3 is 15.2 Å². The Labute approximate surface area is 150 Å². The van der Waals surface area contributed by atoms with E-state index in [-0.39, 0.29) is 6.10 Å². The fraction of sp³-hybridized carbons (Fsp3) is 0.455. The summed E-state index contributed by atoms with van der Waals surface area (Å²) in [5, 5.41) is 0. The molecule has 2 N–H and O–H groups in total. The third kappa shape index (κ3) is 3.82. The third-order valence-corrected chi connectivity index (χ3v) is 5.58. The van der Waals surface area contributed by atoms with Gasteiger partial charge in [-0.1, -0.05) is 30.3 Å². The first-order valence-electron chi connectivity index (χ1n) is 9.53. The van der Waals surface area contributed by atoms with Crippen LogP contribution in [0.5, 0.6) is 11.5 Å². The van der Waals surface area contributed by atoms with Gasteiger partial charge in [-0.3, -0.25) is 0 Å². The van der Waals surface area contributed by atoms with E-state index in [4.69, 9.17) is 15.2 Å². The minimum Gasteiger partial charge on any atom is -0.490 e. The molecule has 0 bridgehead atoms. The van der Waals surface area contributed by atoms with Gasteiger partial charge in [-0.2, -0.15) is 0 Å². The van der Waals surface area contributed by atoms with Crippen LogP contribution in [-0.4, -0.2) is 12.6 Å². The molecule has 1 saturated carbocycles. The summed E-state index contributed by atoms with van der Waals surface area (Å²) in [4.78, 5) is 0. The highest BCUT2D eigenvalue weighted by Gasteiger charge is 2.24. The predicted octanol–water partition coefficient (Wildman–Crippen LogP) is 4.65. The van der Waals surface area contributed by atoms with Gasteiger partial charge in [0, 0.05) is 0 Å². The van der Waals surface area contributed by atoms with Crippen LogP contribution in [0.2, 0.25) is 0 Å². The molecule has 0 radical (unpaired) electrons. The number of hydrogen-bond acceptors (Lipinski definition) is 3. The van der Waals surface area contributed by atoms with Crippen molar-refractivity contribution in [3.05, 3.63) is 59.7 Å². The van der Waals surface area contributed by atoms with Gasteiger partial charge in [-0.05, 0) is 80.3 Å². The summed E-state index contributed by atoms with van der Waals surface area (Å²) in [6.45, 7) is 0.811. The van der Waals surface area contributed by atoms with Crippen LogP contribution < -0.4 is 15.2 Å². The predicted molar refractivity (Wildman–Crippen MR) is 100 cm³/mol. The fourth-order valence-electron chi connectivity index (χ4n) is 4.02. The molecule has 2 aliphatic rings. The molecule has 0 amide bonds. The number of nitrogens with two attached hydrogens (primary N) is 1. The Balaban J connectivity index is 1.40. The second-order valence-corrected chi connectivity index (χ2v) is 7.32. The van der Waals surface area contributed by atoms with Crippen LogP contribution in [-0.2, 0) is 6.42 Å². The van der Waals surface area contributed by atoms with Crippen LogP contribution in [0, 0.1) is 5.92 Å². The Morgan fingerprint density at radius 1 is 0.960 bits per heavy atom. The van der Waals surface area contributed by atoms with E-state index in [1.165, 1.54) is 24.0 Å². The van der Waals surface area contributed by atoms with E-state index in [1.807, 2.05) is 6.07 Å². The van der Waals surface area contributed by atoms with E-state index < -0.39 is 0 Å². The van der Waals surface area contributed by atoms with E-state index in [2.05, 4.69) is 42.5 Å². The maximum atomic E-state index is 6.23. The molecule has 0 aromatic heterocycles. The third-order valence-electron chi connectivity index (χ3n) is 5.58. The van der Waals surface area contributed by atoms with Gasteiger partial charge in [-0.25, -0.2) is 0 Å². The zero-order chi connectivity index (χ0) is 17.1. The highest BCUT2D eigenvalue weighted by Crippen LogP contribution is 2.37. The first kappa shape index (κ1) is 16.5. The molecule has 2 aromatic carbocycles. The van der Waals surface area contributed by atoms with Gasteiger partial charge in [0.25, 0.3) is 0 Å². The number of rotatable bonds is 4. The number of fused-ring (bicyclic) bond motifs is 1. The molecule has 1 atom stereocenters. The molecule has 1 unspecified atom stereocenters. The van der Waals surface area contributed by atoms with Crippen molar-refractivity contribution in [2.45, 2.75) is 50.7 Å². The summed E-state index contributed by atoms with van der Waals surface area (Å²) >= 11 is 0. The zero-order valence-electron chi connectivity index (χ0n) is 14.7. The standard InChI is InChI=1S/C22H27NO2/c23-15-16-6-9-19(10-7-16)24-20-11-13-22-18(14-20)8-12-21(25-22)17-4-2-1-3-5-17/h1-5,11,13-14,16,19,21H,6-10,12,15,23H2. The normalized spacial score (nSPS) is 25.7. The van der Waals surface area contributed by atoms with Crippen molar-refractivity contribution in [2.75, 3.05) is 6.54 Å². The lowest BCUT2D eigenvalue weighted by molar-refractivity contribution is 0.132. The molecule has 3 heteroatoms. The van der Waals surface area contributed by atoms with Crippen LogP contribution in [0.3, 0.4) is 0 Å². The van der Waals surface area contributed by atoms with Crippen molar-refractivity contribution in [3.8, 4) is 11.5 Å². The minimum atomic E-state index is 0.159. The first-order chi connectivity index (χ1) is 12.3. The van der Waals surface area contributed by atoms with Gasteiger partial charge in [0.1, 0.15) is 17.6 Å². The quantitative estimate of drug-likeness (QED) is 0.883. The number of ether oxygens (including phenoxy) is 2. The molecule has 1 aliphatic carbocycles. The van der Waals surface area contributed by atoms with E-state index in [0.29, 0.717) is 12.0 Å². The second kappa shape index (κ2) is 7.49. The lowest BCUT2D eigenvalue weighted by Gasteiger charge is -2.29. The molecule has 1 heterocycles. The van der Waals surface area contributed by atoms with Gasteiger partial charge in [0.2, 0.25) is 0 Å². The first-order valence-corrected chi connectivity index (χ1v) is 9.53. The van der Waals surface area contributed by atoms with Gasteiger partial charge in [0.05, 0.1) is 6.10 Å². The van der Waals surface area contributed by atoms with E-state index in [1.54, 1.807) is 0 Å². The highest BCUT2D eigenvalue weighted by atomic mass is 16.5. The summed E-state index contributed by atoms with van der Waals surface area (Å²) in [6.07, 6.45) is 7.15. The van der Waals surface area contributed by atoms with Crippen LogP contribution in [0.1, 0.15) is 49.3 Å². The van der Waals surface area contributed by atoms with Gasteiger partial charge >= 0.3 is 0 Å². The molecule has 3 nitrogen and oxygen atoms in total. The number of hydrogen-bond donors (Lipinski definition) is 1. The van der Waals surface area contributed by atoms with Crippen LogP contribution >= 0.6 is 0 Å². The lowest BCUT2D eigenvalue weighted by Crippen LogP contribution is -2.27. The van der Waals surface area contributed by atoms with Crippen molar-refractivity contribution in [1.29, 1.82) is 0 Å². The number of benzene rings is 2. The molecule has 0 spiro atoms. The molecule has 4 rings (SSSR count). The Morgan fingerprint density at radius 2 is 1.76 bits per heavy atom. The summed E-state index contributed by atoms with van der Waals surface area (Å²) in [6, 6.07) is 16.8. The summed E-state index contributed by atoms with van der Waals surface area (Å²) in [7, 11) is 0. The van der Waals surface area contributed by atoms with E-state index in [9.17, 15) is 0 Å². The van der Waals surface area contributed by atoms with Crippen molar-refractivity contribution >= 4 is 0 Å². The zero-order valence-corrected chi connectivity index (χ0v) is 14.7. The van der Waals surface area contributed by atoms with Crippen molar-refractivity contribution in [2.24, 2.45) is 11.7 Å². The summed E-state index contributed by atoms with van der Waals surface area (Å²) < 4.78 is 12.5. The van der Waals surface area contributed by atoms with Gasteiger partial charge in [0.15, 0.2) is 0 Å². The van der Waals surface area contributed by atoms with E-state index >= 15 is 0 Å². The maximum absolute atomic E-state index is 6.23. The Hall–Kier alpha value is -2.00. The average molecular weight is 337 g/mol. The Kier molecular flexibility index (Phi) is 4.93. The SMILES string of the molecule is NCC1CCC(Oc2ccc3c(c2)CCC(c2ccccc2)O3)CC1.